The molecule has 3 aromatic rings. The number of hydrogen-bond acceptors (Lipinski definition) is 5. The van der Waals surface area contributed by atoms with Crippen molar-refractivity contribution >= 4 is 28.6 Å². The molecule has 0 spiro atoms. The topological polar surface area (TPSA) is 61.4 Å². The molecule has 3 aromatic carbocycles. The molecule has 1 heterocycles. The minimum absolute atomic E-state index is 0.0193. The predicted molar refractivity (Wildman–Crippen MR) is 133 cm³/mol. The van der Waals surface area contributed by atoms with Gasteiger partial charge in [0, 0.05) is 48.6 Å². The first-order chi connectivity index (χ1) is 16.0. The van der Waals surface area contributed by atoms with Gasteiger partial charge in [-0.05, 0) is 48.7 Å². The molecule has 1 aliphatic carbocycles. The predicted octanol–water partition coefficient (Wildman–Crippen LogP) is 5.57. The zero-order valence-corrected chi connectivity index (χ0v) is 18.9. The first kappa shape index (κ1) is 21.0. The maximum Gasteiger partial charge on any atom is 0.193 e. The number of nitrogens with zero attached hydrogens (tertiary/aromatic N) is 1. The lowest BCUT2D eigenvalue weighted by Crippen LogP contribution is -2.23. The van der Waals surface area contributed by atoms with Gasteiger partial charge in [0.2, 0.25) is 0 Å². The van der Waals surface area contributed by atoms with Crippen LogP contribution in [-0.4, -0.2) is 25.7 Å². The van der Waals surface area contributed by atoms with Gasteiger partial charge in [0.15, 0.2) is 11.6 Å². The molecule has 2 aliphatic rings. The molecule has 1 atom stereocenters. The number of rotatable bonds is 4. The fraction of sp³-hybridized carbons (Fsp3) is 0.214. The van der Waals surface area contributed by atoms with Crippen molar-refractivity contribution in [1.29, 1.82) is 0 Å². The van der Waals surface area contributed by atoms with Crippen molar-refractivity contribution in [1.82, 2.24) is 0 Å². The van der Waals surface area contributed by atoms with E-state index in [9.17, 15) is 9.59 Å². The van der Waals surface area contributed by atoms with Gasteiger partial charge in [-0.15, -0.1) is 0 Å². The summed E-state index contributed by atoms with van der Waals surface area (Å²) in [6, 6.07) is 23.0. The van der Waals surface area contributed by atoms with E-state index in [4.69, 9.17) is 0 Å². The van der Waals surface area contributed by atoms with Crippen LogP contribution in [0.3, 0.4) is 0 Å². The molecule has 0 aromatic heterocycles. The van der Waals surface area contributed by atoms with Crippen molar-refractivity contribution in [3.05, 3.63) is 101 Å². The van der Waals surface area contributed by atoms with E-state index in [2.05, 4.69) is 39.8 Å². The lowest BCUT2D eigenvalue weighted by molar-refractivity contribution is -0.116. The monoisotopic (exact) mass is 437 g/mol. The molecule has 5 nitrogen and oxygen atoms in total. The quantitative estimate of drug-likeness (QED) is 0.523. The van der Waals surface area contributed by atoms with Gasteiger partial charge in [-0.3, -0.25) is 9.59 Å². The number of hydrogen-bond donors (Lipinski definition) is 2. The number of anilines is 3. The molecule has 166 valence electrons. The number of carbonyl (C=O) groups is 2. The second-order valence-electron chi connectivity index (χ2n) is 8.81. The fourth-order valence-electron chi connectivity index (χ4n) is 4.60. The van der Waals surface area contributed by atoms with Gasteiger partial charge in [-0.2, -0.15) is 0 Å². The van der Waals surface area contributed by atoms with Crippen LogP contribution in [0.15, 0.2) is 84.1 Å². The Balaban J connectivity index is 1.56. The SMILES string of the molecule is CN(C)c1ccc([C@@H]2Nc3ccc(C(=O)c4ccccc4)cc3NC3=C2C(=O)CCC3)cc1. The van der Waals surface area contributed by atoms with Gasteiger partial charge < -0.3 is 15.5 Å². The Kier molecular flexibility index (Phi) is 5.47. The van der Waals surface area contributed by atoms with Crippen LogP contribution in [0, 0.1) is 0 Å². The largest absolute Gasteiger partial charge is 0.378 e. The van der Waals surface area contributed by atoms with Crippen LogP contribution in [-0.2, 0) is 4.79 Å². The maximum atomic E-state index is 13.1. The zero-order valence-electron chi connectivity index (χ0n) is 18.9. The van der Waals surface area contributed by atoms with Gasteiger partial charge in [0.25, 0.3) is 0 Å². The lowest BCUT2D eigenvalue weighted by Gasteiger charge is -2.26. The van der Waals surface area contributed by atoms with Crippen molar-refractivity contribution in [3.63, 3.8) is 0 Å². The van der Waals surface area contributed by atoms with E-state index in [1.54, 1.807) is 0 Å². The molecule has 0 saturated carbocycles. The van der Waals surface area contributed by atoms with Crippen LogP contribution in [0.1, 0.15) is 46.8 Å². The average Bonchev–Trinajstić information content (AvgIpc) is 3.01. The van der Waals surface area contributed by atoms with Gasteiger partial charge in [-0.1, -0.05) is 42.5 Å². The van der Waals surface area contributed by atoms with E-state index in [-0.39, 0.29) is 17.6 Å². The Morgan fingerprint density at radius 3 is 2.36 bits per heavy atom. The molecule has 0 saturated heterocycles. The van der Waals surface area contributed by atoms with E-state index in [1.165, 1.54) is 0 Å². The third-order valence-electron chi connectivity index (χ3n) is 6.39. The Morgan fingerprint density at radius 1 is 0.879 bits per heavy atom. The zero-order chi connectivity index (χ0) is 22.9. The highest BCUT2D eigenvalue weighted by atomic mass is 16.1. The van der Waals surface area contributed by atoms with Gasteiger partial charge in [0.1, 0.15) is 0 Å². The number of carbonyl (C=O) groups excluding carboxylic acids is 2. The summed E-state index contributed by atoms with van der Waals surface area (Å²) in [5.41, 5.74) is 6.88. The fourth-order valence-corrected chi connectivity index (χ4v) is 4.60. The number of fused-ring (bicyclic) bond motifs is 1. The minimum atomic E-state index is -0.242. The summed E-state index contributed by atoms with van der Waals surface area (Å²) >= 11 is 0. The van der Waals surface area contributed by atoms with E-state index in [1.807, 2.05) is 62.6 Å². The summed E-state index contributed by atoms with van der Waals surface area (Å²) in [4.78, 5) is 28.1. The molecular weight excluding hydrogens is 410 g/mol. The van der Waals surface area contributed by atoms with E-state index < -0.39 is 0 Å². The van der Waals surface area contributed by atoms with Crippen LogP contribution >= 0.6 is 0 Å². The number of benzene rings is 3. The number of allylic oxidation sites excluding steroid dienone is 1. The summed E-state index contributed by atoms with van der Waals surface area (Å²) in [6.45, 7) is 0. The van der Waals surface area contributed by atoms with Gasteiger partial charge in [0.05, 0.1) is 17.4 Å². The Morgan fingerprint density at radius 2 is 1.64 bits per heavy atom. The van der Waals surface area contributed by atoms with Crippen molar-refractivity contribution in [2.24, 2.45) is 0 Å². The molecule has 0 fully saturated rings. The van der Waals surface area contributed by atoms with Crippen LogP contribution in [0.5, 0.6) is 0 Å². The van der Waals surface area contributed by atoms with Crippen LogP contribution in [0.2, 0.25) is 0 Å². The molecule has 0 radical (unpaired) electrons. The molecule has 5 rings (SSSR count). The van der Waals surface area contributed by atoms with Crippen molar-refractivity contribution < 1.29 is 9.59 Å². The molecule has 0 unspecified atom stereocenters. The average molecular weight is 438 g/mol. The van der Waals surface area contributed by atoms with E-state index >= 15 is 0 Å². The second-order valence-corrected chi connectivity index (χ2v) is 8.81. The summed E-state index contributed by atoms with van der Waals surface area (Å²) in [7, 11) is 4.03. The van der Waals surface area contributed by atoms with Gasteiger partial charge in [-0.25, -0.2) is 0 Å². The molecule has 33 heavy (non-hydrogen) atoms. The minimum Gasteiger partial charge on any atom is -0.378 e. The third kappa shape index (κ3) is 4.02. The van der Waals surface area contributed by atoms with Crippen molar-refractivity contribution in [2.75, 3.05) is 29.6 Å². The van der Waals surface area contributed by atoms with Crippen molar-refractivity contribution in [3.8, 4) is 0 Å². The number of ketones is 2. The highest BCUT2D eigenvalue weighted by molar-refractivity contribution is 6.10. The van der Waals surface area contributed by atoms with Crippen LogP contribution in [0.25, 0.3) is 0 Å². The second kappa shape index (κ2) is 8.58. The first-order valence-electron chi connectivity index (χ1n) is 11.3. The highest BCUT2D eigenvalue weighted by Crippen LogP contribution is 2.41. The first-order valence-corrected chi connectivity index (χ1v) is 11.3. The Hall–Kier alpha value is -3.86. The summed E-state index contributed by atoms with van der Waals surface area (Å²) in [6.07, 6.45) is 2.20. The molecule has 2 N–H and O–H groups in total. The molecule has 1 aliphatic heterocycles. The Bertz CT molecular complexity index is 1240. The van der Waals surface area contributed by atoms with Gasteiger partial charge >= 0.3 is 0 Å². The molecule has 0 amide bonds. The molecule has 5 heteroatoms. The molecular formula is C28H27N3O2. The van der Waals surface area contributed by atoms with Crippen LogP contribution in [0.4, 0.5) is 17.1 Å². The van der Waals surface area contributed by atoms with Crippen molar-refractivity contribution in [2.45, 2.75) is 25.3 Å². The Labute approximate surface area is 194 Å². The third-order valence-corrected chi connectivity index (χ3v) is 6.39. The summed E-state index contributed by atoms with van der Waals surface area (Å²) in [5.74, 6) is 0.153. The normalized spacial score (nSPS) is 17.3. The highest BCUT2D eigenvalue weighted by Gasteiger charge is 2.32. The van der Waals surface area contributed by atoms with Crippen LogP contribution < -0.4 is 15.5 Å². The lowest BCUT2D eigenvalue weighted by atomic mass is 9.86. The maximum absolute atomic E-state index is 13.1. The summed E-state index contributed by atoms with van der Waals surface area (Å²) in [5, 5.41) is 7.10. The number of nitrogens with one attached hydrogen (secondary N) is 2. The number of Topliss-reactive ketones (excluding diaryl/α,β-unsaturated/α-hetero) is 1. The van der Waals surface area contributed by atoms with E-state index in [0.29, 0.717) is 17.5 Å². The smallest absolute Gasteiger partial charge is 0.193 e. The van der Waals surface area contributed by atoms with E-state index in [0.717, 1.165) is 46.7 Å². The standard InChI is InChI=1S/C28H27N3O2/c1-31(2)21-14-11-18(12-15-21)27-26-23(9-6-10-25(26)32)29-24-17-20(13-16-22(24)30-27)28(33)19-7-4-3-5-8-19/h3-5,7-8,11-17,27,29-30H,6,9-10H2,1-2H3/t27-/m0/s1. The summed E-state index contributed by atoms with van der Waals surface area (Å²) < 4.78 is 0. The molecule has 0 bridgehead atoms.